The van der Waals surface area contributed by atoms with Crippen molar-refractivity contribution in [3.63, 3.8) is 0 Å². The Bertz CT molecular complexity index is 506. The average Bonchev–Trinajstić information content (AvgIpc) is 2.82. The molecule has 0 saturated carbocycles. The molecule has 0 aromatic heterocycles. The summed E-state index contributed by atoms with van der Waals surface area (Å²) in [6.45, 7) is 25.7. The minimum atomic E-state index is 0.790. The number of hydrogen-bond acceptors (Lipinski definition) is 0. The molecule has 0 rings (SSSR count). The Hall–Kier alpha value is -0.520. The summed E-state index contributed by atoms with van der Waals surface area (Å²) in [6.07, 6.45) is 20.7. The van der Waals surface area contributed by atoms with Gasteiger partial charge in [0.15, 0.2) is 0 Å². The predicted octanol–water partition coefficient (Wildman–Crippen LogP) is 12.0. The first kappa shape index (κ1) is 32.5. The Morgan fingerprint density at radius 3 is 1.88 bits per heavy atom. The molecule has 0 amide bonds. The maximum absolute atomic E-state index is 4.30. The molecule has 0 aromatic rings. The molecule has 0 saturated heterocycles. The maximum atomic E-state index is 4.30. The summed E-state index contributed by atoms with van der Waals surface area (Å²) in [5.41, 5.74) is 4.37. The van der Waals surface area contributed by atoms with Gasteiger partial charge in [0.2, 0.25) is 0 Å². The molecule has 0 N–H and O–H groups in total. The molecule has 196 valence electrons. The molecular weight excluding hydrogens is 396 g/mol. The second-order valence-corrected chi connectivity index (χ2v) is 11.6. The highest BCUT2D eigenvalue weighted by Crippen LogP contribution is 2.34. The van der Waals surface area contributed by atoms with Crippen LogP contribution in [0.15, 0.2) is 23.3 Å². The van der Waals surface area contributed by atoms with Crippen molar-refractivity contribution in [2.24, 2.45) is 29.6 Å². The fourth-order valence-electron chi connectivity index (χ4n) is 5.75. The van der Waals surface area contributed by atoms with Crippen LogP contribution >= 0.6 is 0 Å². The van der Waals surface area contributed by atoms with Gasteiger partial charge in [0.25, 0.3) is 0 Å². The predicted molar refractivity (Wildman–Crippen MR) is 154 cm³/mol. The van der Waals surface area contributed by atoms with Crippen LogP contribution in [0.1, 0.15) is 159 Å². The largest absolute Gasteiger partial charge is 0.0956 e. The summed E-state index contributed by atoms with van der Waals surface area (Å²) in [7, 11) is 0. The van der Waals surface area contributed by atoms with Gasteiger partial charge in [0.1, 0.15) is 0 Å². The van der Waals surface area contributed by atoms with Crippen molar-refractivity contribution in [2.45, 2.75) is 159 Å². The lowest BCUT2D eigenvalue weighted by Gasteiger charge is -2.28. The molecule has 0 nitrogen and oxygen atoms in total. The van der Waals surface area contributed by atoms with Gasteiger partial charge >= 0.3 is 0 Å². The molecule has 0 aliphatic carbocycles. The van der Waals surface area contributed by atoms with Crippen molar-refractivity contribution in [3.8, 4) is 0 Å². The van der Waals surface area contributed by atoms with Gasteiger partial charge in [-0.1, -0.05) is 137 Å². The summed E-state index contributed by atoms with van der Waals surface area (Å²) in [6, 6.07) is 0. The Morgan fingerprint density at radius 2 is 1.33 bits per heavy atom. The molecule has 0 aromatic carbocycles. The van der Waals surface area contributed by atoms with Crippen LogP contribution in [-0.4, -0.2) is 0 Å². The fraction of sp³-hybridized carbons (Fsp3) is 0.879. The zero-order valence-electron chi connectivity index (χ0n) is 24.7. The quantitative estimate of drug-likeness (QED) is 0.118. The third-order valence-electron chi connectivity index (χ3n) is 8.90. The van der Waals surface area contributed by atoms with Crippen molar-refractivity contribution >= 4 is 0 Å². The van der Waals surface area contributed by atoms with Crippen LogP contribution in [-0.2, 0) is 0 Å². The van der Waals surface area contributed by atoms with Gasteiger partial charge in [0.05, 0.1) is 0 Å². The summed E-state index contributed by atoms with van der Waals surface area (Å²) in [5.74, 6) is 4.44. The van der Waals surface area contributed by atoms with Gasteiger partial charge < -0.3 is 0 Å². The summed E-state index contributed by atoms with van der Waals surface area (Å²) >= 11 is 0. The molecule has 0 spiro atoms. The van der Waals surface area contributed by atoms with Gasteiger partial charge in [-0.15, -0.1) is 0 Å². The zero-order chi connectivity index (χ0) is 25.2. The van der Waals surface area contributed by atoms with E-state index in [9.17, 15) is 0 Å². The fourth-order valence-corrected chi connectivity index (χ4v) is 5.75. The molecule has 0 bridgehead atoms. The van der Waals surface area contributed by atoms with Crippen LogP contribution in [0.4, 0.5) is 0 Å². The first-order chi connectivity index (χ1) is 15.7. The Morgan fingerprint density at radius 1 is 0.697 bits per heavy atom. The molecule has 0 heterocycles. The van der Waals surface area contributed by atoms with E-state index in [1.807, 2.05) is 0 Å². The van der Waals surface area contributed by atoms with E-state index in [-0.39, 0.29) is 0 Å². The van der Waals surface area contributed by atoms with E-state index in [0.29, 0.717) is 0 Å². The van der Waals surface area contributed by atoms with Crippen LogP contribution in [0.3, 0.4) is 0 Å². The number of hydrogen-bond donors (Lipinski definition) is 0. The molecule has 4 unspecified atom stereocenters. The second kappa shape index (κ2) is 19.8. The van der Waals surface area contributed by atoms with E-state index in [2.05, 4.69) is 68.9 Å². The lowest BCUT2D eigenvalue weighted by atomic mass is 9.78. The molecular formula is C33H64. The molecule has 0 fully saturated rings. The first-order valence-corrected chi connectivity index (χ1v) is 15.1. The first-order valence-electron chi connectivity index (χ1n) is 15.1. The van der Waals surface area contributed by atoms with Gasteiger partial charge in [-0.05, 0) is 74.7 Å². The Balaban J connectivity index is 5.11. The average molecular weight is 461 g/mol. The minimum absolute atomic E-state index is 0.790. The van der Waals surface area contributed by atoms with E-state index in [1.165, 1.54) is 101 Å². The lowest BCUT2D eigenvalue weighted by Crippen LogP contribution is -2.15. The molecule has 4 atom stereocenters. The van der Waals surface area contributed by atoms with Crippen molar-refractivity contribution in [2.75, 3.05) is 0 Å². The molecule has 0 radical (unpaired) electrons. The van der Waals surface area contributed by atoms with Crippen LogP contribution in [0.5, 0.6) is 0 Å². The SMILES string of the molecule is C=C(CC)C(C)=C(C)CC(C)C(CCCCCC)CCCC(CC(C)CC)CC(CC)CC. The Kier molecular flexibility index (Phi) is 19.4. The third-order valence-corrected chi connectivity index (χ3v) is 8.90. The molecule has 0 heteroatoms. The standard InChI is InChI=1S/C33H64/c1-11-16-17-18-21-33(29(9)24-28(8)30(10)27(7)13-3)22-19-20-32(23-26(6)12-2)25-31(14-4)15-5/h26,29,31-33H,7,11-25H2,1-6,8-10H3. The highest BCUT2D eigenvalue weighted by molar-refractivity contribution is 5.30. The van der Waals surface area contributed by atoms with Gasteiger partial charge in [-0.3, -0.25) is 0 Å². The lowest BCUT2D eigenvalue weighted by molar-refractivity contribution is 0.251. The van der Waals surface area contributed by atoms with Crippen molar-refractivity contribution in [3.05, 3.63) is 23.3 Å². The van der Waals surface area contributed by atoms with Gasteiger partial charge in [0, 0.05) is 0 Å². The number of allylic oxidation sites excluding steroid dienone is 3. The van der Waals surface area contributed by atoms with Crippen LogP contribution in [0, 0.1) is 29.6 Å². The maximum Gasteiger partial charge on any atom is -0.0289 e. The van der Waals surface area contributed by atoms with Crippen molar-refractivity contribution in [1.29, 1.82) is 0 Å². The zero-order valence-corrected chi connectivity index (χ0v) is 24.7. The second-order valence-electron chi connectivity index (χ2n) is 11.6. The normalized spacial score (nSPS) is 16.4. The topological polar surface area (TPSA) is 0 Å². The summed E-state index contributed by atoms with van der Waals surface area (Å²) in [4.78, 5) is 0. The summed E-state index contributed by atoms with van der Waals surface area (Å²) < 4.78 is 0. The van der Waals surface area contributed by atoms with E-state index >= 15 is 0 Å². The van der Waals surface area contributed by atoms with E-state index in [1.54, 1.807) is 5.57 Å². The minimum Gasteiger partial charge on any atom is -0.0956 e. The number of rotatable bonds is 21. The third kappa shape index (κ3) is 14.5. The highest BCUT2D eigenvalue weighted by Gasteiger charge is 2.21. The van der Waals surface area contributed by atoms with Crippen LogP contribution in [0.25, 0.3) is 0 Å². The molecule has 0 aliphatic heterocycles. The Labute approximate surface area is 211 Å². The van der Waals surface area contributed by atoms with Gasteiger partial charge in [-0.2, -0.15) is 0 Å². The summed E-state index contributed by atoms with van der Waals surface area (Å²) in [5, 5.41) is 0. The molecule has 33 heavy (non-hydrogen) atoms. The van der Waals surface area contributed by atoms with E-state index < -0.39 is 0 Å². The van der Waals surface area contributed by atoms with Gasteiger partial charge in [-0.25, -0.2) is 0 Å². The van der Waals surface area contributed by atoms with E-state index in [0.717, 1.165) is 36.0 Å². The number of unbranched alkanes of at least 4 members (excludes halogenated alkanes) is 3. The van der Waals surface area contributed by atoms with Crippen LogP contribution < -0.4 is 0 Å². The van der Waals surface area contributed by atoms with E-state index in [4.69, 9.17) is 0 Å². The van der Waals surface area contributed by atoms with Crippen molar-refractivity contribution < 1.29 is 0 Å². The highest BCUT2D eigenvalue weighted by atomic mass is 14.3. The monoisotopic (exact) mass is 461 g/mol. The molecule has 0 aliphatic rings. The van der Waals surface area contributed by atoms with Crippen LogP contribution in [0.2, 0.25) is 0 Å². The van der Waals surface area contributed by atoms with Crippen molar-refractivity contribution in [1.82, 2.24) is 0 Å². The smallest absolute Gasteiger partial charge is 0.0289 e.